The van der Waals surface area contributed by atoms with Crippen molar-refractivity contribution < 1.29 is 9.32 Å². The first-order valence-corrected chi connectivity index (χ1v) is 8.41. The summed E-state index contributed by atoms with van der Waals surface area (Å²) in [6.07, 6.45) is 5.75. The molecule has 2 aromatic rings. The Kier molecular flexibility index (Phi) is 3.70. The van der Waals surface area contributed by atoms with E-state index in [1.807, 2.05) is 30.0 Å². The number of anilines is 1. The van der Waals surface area contributed by atoms with Crippen LogP contribution in [-0.2, 0) is 0 Å². The number of hydrogen-bond acceptors (Lipinski definition) is 6. The third-order valence-corrected chi connectivity index (χ3v) is 4.65. The lowest BCUT2D eigenvalue weighted by molar-refractivity contribution is 0.0728. The summed E-state index contributed by atoms with van der Waals surface area (Å²) in [4.78, 5) is 25.5. The zero-order chi connectivity index (χ0) is 16.7. The molecule has 7 heteroatoms. The first-order valence-electron chi connectivity index (χ1n) is 8.41. The van der Waals surface area contributed by atoms with Gasteiger partial charge in [0.15, 0.2) is 5.82 Å². The van der Waals surface area contributed by atoms with Crippen LogP contribution in [0.3, 0.4) is 0 Å². The van der Waals surface area contributed by atoms with Crippen LogP contribution in [0.25, 0.3) is 0 Å². The summed E-state index contributed by atoms with van der Waals surface area (Å²) in [5, 5.41) is 4.13. The summed E-state index contributed by atoms with van der Waals surface area (Å²) in [7, 11) is 3.82. The molecule has 2 aromatic heterocycles. The number of likely N-dealkylation sites (tertiary alicyclic amines) is 1. The highest BCUT2D eigenvalue weighted by Crippen LogP contribution is 2.40. The number of amides is 1. The summed E-state index contributed by atoms with van der Waals surface area (Å²) in [6.45, 7) is 0.719. The standard InChI is InChI=1S/C17H21N5O2/c1-21(2)14-10-12(7-8-18-14)17(23)22-9-3-4-13(22)15-19-16(24-20-15)11-5-6-11/h7-8,10-11,13H,3-6,9H2,1-2H3/t13-/m1/s1. The first-order chi connectivity index (χ1) is 11.6. The Morgan fingerprint density at radius 3 is 2.92 bits per heavy atom. The van der Waals surface area contributed by atoms with Gasteiger partial charge >= 0.3 is 0 Å². The van der Waals surface area contributed by atoms with Gasteiger partial charge in [0.2, 0.25) is 5.89 Å². The van der Waals surface area contributed by atoms with Crippen LogP contribution >= 0.6 is 0 Å². The molecule has 0 bridgehead atoms. The topological polar surface area (TPSA) is 75.4 Å². The van der Waals surface area contributed by atoms with E-state index in [9.17, 15) is 4.79 Å². The lowest BCUT2D eigenvalue weighted by atomic mass is 10.1. The second kappa shape index (κ2) is 5.89. The molecule has 2 fully saturated rings. The fraction of sp³-hybridized carbons (Fsp3) is 0.529. The molecule has 0 aromatic carbocycles. The third kappa shape index (κ3) is 2.74. The highest BCUT2D eigenvalue weighted by molar-refractivity contribution is 5.95. The minimum absolute atomic E-state index is 0.000715. The molecule has 3 heterocycles. The van der Waals surface area contributed by atoms with Crippen molar-refractivity contribution in [1.29, 1.82) is 0 Å². The Hall–Kier alpha value is -2.44. The second-order valence-electron chi connectivity index (χ2n) is 6.72. The van der Waals surface area contributed by atoms with E-state index in [1.54, 1.807) is 12.3 Å². The van der Waals surface area contributed by atoms with E-state index < -0.39 is 0 Å². The van der Waals surface area contributed by atoms with E-state index in [1.165, 1.54) is 0 Å². The predicted molar refractivity (Wildman–Crippen MR) is 87.8 cm³/mol. The minimum atomic E-state index is -0.0929. The highest BCUT2D eigenvalue weighted by Gasteiger charge is 2.36. The number of pyridine rings is 1. The van der Waals surface area contributed by atoms with Crippen molar-refractivity contribution in [3.63, 3.8) is 0 Å². The van der Waals surface area contributed by atoms with E-state index in [4.69, 9.17) is 4.52 Å². The molecule has 1 saturated carbocycles. The average Bonchev–Trinajstić information content (AvgIpc) is 3.12. The average molecular weight is 327 g/mol. The van der Waals surface area contributed by atoms with Crippen LogP contribution in [0.5, 0.6) is 0 Å². The van der Waals surface area contributed by atoms with E-state index in [0.29, 0.717) is 17.3 Å². The van der Waals surface area contributed by atoms with Crippen molar-refractivity contribution in [1.82, 2.24) is 20.0 Å². The lowest BCUT2D eigenvalue weighted by Crippen LogP contribution is -2.31. The quantitative estimate of drug-likeness (QED) is 0.858. The predicted octanol–water partition coefficient (Wildman–Crippen LogP) is 2.39. The van der Waals surface area contributed by atoms with Gasteiger partial charge in [-0.05, 0) is 37.8 Å². The van der Waals surface area contributed by atoms with Crippen molar-refractivity contribution in [2.75, 3.05) is 25.5 Å². The summed E-state index contributed by atoms with van der Waals surface area (Å²) >= 11 is 0. The van der Waals surface area contributed by atoms with Crippen LogP contribution in [0.15, 0.2) is 22.9 Å². The van der Waals surface area contributed by atoms with Gasteiger partial charge in [0.1, 0.15) is 5.82 Å². The van der Waals surface area contributed by atoms with E-state index in [2.05, 4.69) is 15.1 Å². The van der Waals surface area contributed by atoms with Crippen LogP contribution in [0.2, 0.25) is 0 Å². The molecule has 7 nitrogen and oxygen atoms in total. The Bertz CT molecular complexity index is 753. The molecule has 4 rings (SSSR count). The van der Waals surface area contributed by atoms with Crippen LogP contribution < -0.4 is 4.90 Å². The van der Waals surface area contributed by atoms with Crippen molar-refractivity contribution in [3.8, 4) is 0 Å². The molecule has 1 aliphatic heterocycles. The lowest BCUT2D eigenvalue weighted by Gasteiger charge is -2.22. The Labute approximate surface area is 140 Å². The van der Waals surface area contributed by atoms with Crippen molar-refractivity contribution in [2.45, 2.75) is 37.6 Å². The number of carbonyl (C=O) groups is 1. The largest absolute Gasteiger partial charge is 0.363 e. The Balaban J connectivity index is 1.57. The number of carbonyl (C=O) groups excluding carboxylic acids is 1. The number of aromatic nitrogens is 3. The Morgan fingerprint density at radius 1 is 1.33 bits per heavy atom. The van der Waals surface area contributed by atoms with E-state index in [0.717, 1.165) is 43.9 Å². The van der Waals surface area contributed by atoms with Gasteiger partial charge < -0.3 is 14.3 Å². The van der Waals surface area contributed by atoms with Crippen molar-refractivity contribution in [3.05, 3.63) is 35.6 Å². The summed E-state index contributed by atoms with van der Waals surface area (Å²) in [6, 6.07) is 3.49. The molecule has 126 valence electrons. The molecule has 0 unspecified atom stereocenters. The Morgan fingerprint density at radius 2 is 2.17 bits per heavy atom. The molecule has 1 aliphatic carbocycles. The normalized spacial score (nSPS) is 20.4. The summed E-state index contributed by atoms with van der Waals surface area (Å²) < 4.78 is 5.37. The van der Waals surface area contributed by atoms with E-state index in [-0.39, 0.29) is 11.9 Å². The van der Waals surface area contributed by atoms with Crippen LogP contribution in [0.1, 0.15) is 59.7 Å². The molecule has 1 saturated heterocycles. The minimum Gasteiger partial charge on any atom is -0.363 e. The fourth-order valence-electron chi connectivity index (χ4n) is 3.12. The monoisotopic (exact) mass is 327 g/mol. The molecule has 24 heavy (non-hydrogen) atoms. The molecule has 1 atom stereocenters. The van der Waals surface area contributed by atoms with Crippen LogP contribution in [0, 0.1) is 0 Å². The van der Waals surface area contributed by atoms with Gasteiger partial charge in [0, 0.05) is 38.3 Å². The number of rotatable bonds is 4. The fourth-order valence-corrected chi connectivity index (χ4v) is 3.12. The SMILES string of the molecule is CN(C)c1cc(C(=O)N2CCC[C@@H]2c2noc(C3CC3)n2)ccn1. The van der Waals surface area contributed by atoms with Gasteiger partial charge in [-0.3, -0.25) is 4.79 Å². The zero-order valence-electron chi connectivity index (χ0n) is 14.0. The van der Waals surface area contributed by atoms with Crippen molar-refractivity contribution >= 4 is 11.7 Å². The van der Waals surface area contributed by atoms with Gasteiger partial charge in [-0.1, -0.05) is 5.16 Å². The molecular formula is C17H21N5O2. The molecule has 2 aliphatic rings. The van der Waals surface area contributed by atoms with E-state index >= 15 is 0 Å². The first kappa shape index (κ1) is 15.1. The third-order valence-electron chi connectivity index (χ3n) is 4.65. The van der Waals surface area contributed by atoms with Gasteiger partial charge in [-0.25, -0.2) is 4.98 Å². The highest BCUT2D eigenvalue weighted by atomic mass is 16.5. The zero-order valence-corrected chi connectivity index (χ0v) is 14.0. The van der Waals surface area contributed by atoms with Gasteiger partial charge in [0.05, 0.1) is 6.04 Å². The van der Waals surface area contributed by atoms with Gasteiger partial charge in [-0.15, -0.1) is 0 Å². The maximum atomic E-state index is 13.0. The van der Waals surface area contributed by atoms with Crippen LogP contribution in [-0.4, -0.2) is 46.6 Å². The van der Waals surface area contributed by atoms with Crippen molar-refractivity contribution in [2.24, 2.45) is 0 Å². The smallest absolute Gasteiger partial charge is 0.254 e. The maximum absolute atomic E-state index is 13.0. The number of hydrogen-bond donors (Lipinski definition) is 0. The number of nitrogens with zero attached hydrogens (tertiary/aromatic N) is 5. The molecule has 1 amide bonds. The molecule has 0 radical (unpaired) electrons. The summed E-state index contributed by atoms with van der Waals surface area (Å²) in [5.74, 6) is 2.57. The maximum Gasteiger partial charge on any atom is 0.254 e. The molecule has 0 spiro atoms. The molecule has 0 N–H and O–H groups in total. The van der Waals surface area contributed by atoms with Gasteiger partial charge in [-0.2, -0.15) is 4.98 Å². The van der Waals surface area contributed by atoms with Crippen LogP contribution in [0.4, 0.5) is 5.82 Å². The summed E-state index contributed by atoms with van der Waals surface area (Å²) in [5.41, 5.74) is 0.645. The van der Waals surface area contributed by atoms with Gasteiger partial charge in [0.25, 0.3) is 5.91 Å². The second-order valence-corrected chi connectivity index (χ2v) is 6.72. The molecular weight excluding hydrogens is 306 g/mol.